The molecule has 184 valence electrons. The summed E-state index contributed by atoms with van der Waals surface area (Å²) in [6.07, 6.45) is 3.65. The molecule has 9 heteroatoms. The summed E-state index contributed by atoms with van der Waals surface area (Å²) < 4.78 is 33.8. The molecule has 0 saturated heterocycles. The normalized spacial score (nSPS) is 14.8. The molecule has 3 aromatic rings. The molecule has 8 nitrogen and oxygen atoms in total. The number of carbonyl (C=O) groups excluding carboxylic acids is 1. The molecular weight excluding hydrogens is 466 g/mol. The molecule has 0 fully saturated rings. The number of fused-ring (bicyclic) bond motifs is 1. The minimum absolute atomic E-state index is 0.00114. The number of sulfonamides is 1. The van der Waals surface area contributed by atoms with E-state index in [0.717, 1.165) is 40.4 Å². The van der Waals surface area contributed by atoms with Gasteiger partial charge < -0.3 is 9.72 Å². The van der Waals surface area contributed by atoms with E-state index >= 15 is 0 Å². The lowest BCUT2D eigenvalue weighted by atomic mass is 9.76. The molecule has 0 bridgehead atoms. The topological polar surface area (TPSA) is 118 Å². The number of H-pyrrole nitrogens is 1. The van der Waals surface area contributed by atoms with Crippen LogP contribution in [0.4, 0.5) is 0 Å². The quantitative estimate of drug-likeness (QED) is 0.550. The van der Waals surface area contributed by atoms with Crippen LogP contribution >= 0.6 is 0 Å². The third-order valence-corrected chi connectivity index (χ3v) is 7.57. The first kappa shape index (κ1) is 24.7. The summed E-state index contributed by atoms with van der Waals surface area (Å²) in [7, 11) is -4.42. The van der Waals surface area contributed by atoms with Gasteiger partial charge in [0.25, 0.3) is 21.5 Å². The zero-order chi connectivity index (χ0) is 25.5. The van der Waals surface area contributed by atoms with Gasteiger partial charge >= 0.3 is 0 Å². The van der Waals surface area contributed by atoms with Gasteiger partial charge in [-0.15, -0.1) is 0 Å². The van der Waals surface area contributed by atoms with E-state index < -0.39 is 26.4 Å². The number of benzene rings is 1. The number of aromatic amines is 1. The van der Waals surface area contributed by atoms with Gasteiger partial charge in [-0.3, -0.25) is 9.59 Å². The number of nitrogens with zero attached hydrogens (tertiary/aromatic N) is 1. The van der Waals surface area contributed by atoms with Crippen molar-refractivity contribution in [1.82, 2.24) is 14.7 Å². The number of rotatable bonds is 5. The molecule has 0 radical (unpaired) electrons. The largest absolute Gasteiger partial charge is 0.438 e. The predicted molar refractivity (Wildman–Crippen MR) is 132 cm³/mol. The Balaban J connectivity index is 1.79. The molecule has 1 aliphatic carbocycles. The van der Waals surface area contributed by atoms with Gasteiger partial charge in [-0.05, 0) is 80.3 Å². The van der Waals surface area contributed by atoms with Crippen molar-refractivity contribution in [2.24, 2.45) is 5.41 Å². The number of pyridine rings is 2. The SMILES string of the molecule is Cc1cc(C)c(Oc2nc3c(cc2C(=O)NS(=O)(=O)c2ccc[nH]c2=O)CCC(C)(C)C3)c(C)c1. The fourth-order valence-electron chi connectivity index (χ4n) is 4.47. The summed E-state index contributed by atoms with van der Waals surface area (Å²) in [5.74, 6) is -0.313. The predicted octanol–water partition coefficient (Wildman–Crippen LogP) is 4.12. The zero-order valence-corrected chi connectivity index (χ0v) is 21.3. The number of nitrogens with one attached hydrogen (secondary N) is 2. The molecule has 1 amide bonds. The van der Waals surface area contributed by atoms with E-state index in [1.807, 2.05) is 37.6 Å². The molecule has 0 atom stereocenters. The van der Waals surface area contributed by atoms with E-state index in [1.54, 1.807) is 6.07 Å². The van der Waals surface area contributed by atoms with Crippen LogP contribution in [0.5, 0.6) is 11.6 Å². The number of aryl methyl sites for hydroxylation is 4. The molecule has 2 aromatic heterocycles. The summed E-state index contributed by atoms with van der Waals surface area (Å²) in [5.41, 5.74) is 3.76. The molecule has 0 saturated carbocycles. The van der Waals surface area contributed by atoms with Gasteiger partial charge in [0.1, 0.15) is 11.3 Å². The highest BCUT2D eigenvalue weighted by Gasteiger charge is 2.31. The molecule has 2 N–H and O–H groups in total. The third-order valence-electron chi connectivity index (χ3n) is 6.22. The Morgan fingerprint density at radius 1 is 1.14 bits per heavy atom. The van der Waals surface area contributed by atoms with Crippen molar-refractivity contribution in [1.29, 1.82) is 0 Å². The van der Waals surface area contributed by atoms with Crippen LogP contribution in [0.1, 0.15) is 58.6 Å². The third kappa shape index (κ3) is 5.14. The molecule has 1 aromatic carbocycles. The maximum absolute atomic E-state index is 13.3. The number of amides is 1. The monoisotopic (exact) mass is 495 g/mol. The fraction of sp³-hybridized carbons (Fsp3) is 0.346. The van der Waals surface area contributed by atoms with E-state index in [-0.39, 0.29) is 16.9 Å². The molecule has 0 spiro atoms. The maximum atomic E-state index is 13.3. The number of ether oxygens (including phenoxy) is 1. The Morgan fingerprint density at radius 2 is 1.83 bits per heavy atom. The van der Waals surface area contributed by atoms with Gasteiger partial charge in [-0.2, -0.15) is 0 Å². The first-order valence-corrected chi connectivity index (χ1v) is 12.9. The van der Waals surface area contributed by atoms with Crippen LogP contribution < -0.4 is 15.0 Å². The molecular formula is C26H29N3O5S. The lowest BCUT2D eigenvalue weighted by molar-refractivity contribution is 0.0978. The van der Waals surface area contributed by atoms with E-state index in [9.17, 15) is 18.0 Å². The van der Waals surface area contributed by atoms with Crippen molar-refractivity contribution in [3.8, 4) is 11.6 Å². The minimum atomic E-state index is -4.42. The van der Waals surface area contributed by atoms with Crippen molar-refractivity contribution in [2.75, 3.05) is 0 Å². The first-order valence-electron chi connectivity index (χ1n) is 11.4. The Hall–Kier alpha value is -3.46. The lowest BCUT2D eigenvalue weighted by Gasteiger charge is -2.31. The summed E-state index contributed by atoms with van der Waals surface area (Å²) in [4.78, 5) is 31.8. The number of aromatic nitrogens is 2. The van der Waals surface area contributed by atoms with Crippen LogP contribution in [0, 0.1) is 26.2 Å². The van der Waals surface area contributed by atoms with E-state index in [1.165, 1.54) is 12.3 Å². The summed E-state index contributed by atoms with van der Waals surface area (Å²) in [6, 6.07) is 8.11. The second kappa shape index (κ2) is 8.96. The molecule has 0 aliphatic heterocycles. The molecule has 1 aliphatic rings. The highest BCUT2D eigenvalue weighted by atomic mass is 32.2. The molecule has 35 heavy (non-hydrogen) atoms. The highest BCUT2D eigenvalue weighted by Crippen LogP contribution is 2.38. The van der Waals surface area contributed by atoms with Gasteiger partial charge in [-0.25, -0.2) is 18.1 Å². The van der Waals surface area contributed by atoms with Gasteiger partial charge in [0.2, 0.25) is 5.88 Å². The Bertz CT molecular complexity index is 1470. The summed E-state index contributed by atoms with van der Waals surface area (Å²) >= 11 is 0. The second-order valence-electron chi connectivity index (χ2n) is 9.92. The van der Waals surface area contributed by atoms with E-state index in [2.05, 4.69) is 18.8 Å². The van der Waals surface area contributed by atoms with Gasteiger partial charge in [0.15, 0.2) is 4.90 Å². The molecule has 2 heterocycles. The fourth-order valence-corrected chi connectivity index (χ4v) is 5.50. The standard InChI is InChI=1S/C26H29N3O5S/c1-15-11-16(2)22(17(3)12-15)34-25-19(13-18-8-9-26(4,5)14-20(18)28-25)23(30)29-35(32,33)21-7-6-10-27-24(21)31/h6-7,10-13H,8-9,14H2,1-5H3,(H,27,31)(H,29,30). The Labute approximate surface area is 204 Å². The number of hydrogen-bond donors (Lipinski definition) is 2. The van der Waals surface area contributed by atoms with Crippen molar-refractivity contribution in [2.45, 2.75) is 58.8 Å². The first-order chi connectivity index (χ1) is 16.4. The van der Waals surface area contributed by atoms with Gasteiger partial charge in [0.05, 0.1) is 0 Å². The van der Waals surface area contributed by atoms with E-state index in [0.29, 0.717) is 18.6 Å². The van der Waals surface area contributed by atoms with Gasteiger partial charge in [0, 0.05) is 11.9 Å². The molecule has 4 rings (SSSR count). The highest BCUT2D eigenvalue weighted by molar-refractivity contribution is 7.90. The van der Waals surface area contributed by atoms with Crippen LogP contribution in [0.2, 0.25) is 0 Å². The van der Waals surface area contributed by atoms with Crippen molar-refractivity contribution >= 4 is 15.9 Å². The second-order valence-corrected chi connectivity index (χ2v) is 11.6. The number of hydrogen-bond acceptors (Lipinski definition) is 6. The Morgan fingerprint density at radius 3 is 2.49 bits per heavy atom. The zero-order valence-electron chi connectivity index (χ0n) is 20.5. The minimum Gasteiger partial charge on any atom is -0.438 e. The van der Waals surface area contributed by atoms with Gasteiger partial charge in [-0.1, -0.05) is 31.5 Å². The Kier molecular flexibility index (Phi) is 6.31. The van der Waals surface area contributed by atoms with Crippen molar-refractivity contribution in [3.63, 3.8) is 0 Å². The lowest BCUT2D eigenvalue weighted by Crippen LogP contribution is -2.34. The van der Waals surface area contributed by atoms with Crippen molar-refractivity contribution in [3.05, 3.63) is 80.4 Å². The summed E-state index contributed by atoms with van der Waals surface area (Å²) in [6.45, 7) is 10.1. The van der Waals surface area contributed by atoms with E-state index in [4.69, 9.17) is 9.72 Å². The van der Waals surface area contributed by atoms with Crippen LogP contribution in [0.3, 0.4) is 0 Å². The van der Waals surface area contributed by atoms with Crippen LogP contribution in [-0.4, -0.2) is 24.3 Å². The smallest absolute Gasteiger partial charge is 0.270 e. The van der Waals surface area contributed by atoms with Crippen LogP contribution in [0.15, 0.2) is 46.2 Å². The molecule has 0 unspecified atom stereocenters. The summed E-state index contributed by atoms with van der Waals surface area (Å²) in [5, 5.41) is 0. The van der Waals surface area contributed by atoms with Crippen LogP contribution in [-0.2, 0) is 22.9 Å². The average molecular weight is 496 g/mol. The maximum Gasteiger partial charge on any atom is 0.270 e. The van der Waals surface area contributed by atoms with Crippen LogP contribution in [0.25, 0.3) is 0 Å². The average Bonchev–Trinajstić information content (AvgIpc) is 2.74. The van der Waals surface area contributed by atoms with Crippen molar-refractivity contribution < 1.29 is 17.9 Å². The number of carbonyl (C=O) groups is 1.